The first-order valence-electron chi connectivity index (χ1n) is 10.9. The third kappa shape index (κ3) is 3.88. The lowest BCUT2D eigenvalue weighted by Crippen LogP contribution is -2.48. The van der Waals surface area contributed by atoms with Crippen molar-refractivity contribution in [2.45, 2.75) is 35.7 Å². The highest BCUT2D eigenvalue weighted by Crippen LogP contribution is 2.40. The molecule has 1 aliphatic carbocycles. The van der Waals surface area contributed by atoms with Gasteiger partial charge in [0.1, 0.15) is 0 Å². The predicted molar refractivity (Wildman–Crippen MR) is 126 cm³/mol. The van der Waals surface area contributed by atoms with Crippen LogP contribution in [0.3, 0.4) is 0 Å². The molecule has 2 aliphatic rings. The Morgan fingerprint density at radius 1 is 1.19 bits per heavy atom. The highest BCUT2D eigenvalue weighted by atomic mass is 35.5. The van der Waals surface area contributed by atoms with Gasteiger partial charge in [-0.05, 0) is 54.3 Å². The number of benzene rings is 2. The standard InChI is InChI=1S/C24H27ClN4O2S/c1-26-23-11-18-7-6-17(10-21(18)22(23)9-16-4-3-5-20(25)8-16)19-12-29(13-19)32(30,31)24-14-28(2)15-27-24/h3-8,10,14-15,19,22-23,26H,9,11-13H2,1-2H3. The predicted octanol–water partition coefficient (Wildman–Crippen LogP) is 3.33. The van der Waals surface area contributed by atoms with E-state index >= 15 is 0 Å². The summed E-state index contributed by atoms with van der Waals surface area (Å²) in [5, 5.41) is 4.37. The maximum Gasteiger partial charge on any atom is 0.262 e. The molecule has 1 N–H and O–H groups in total. The van der Waals surface area contributed by atoms with Gasteiger partial charge in [0.05, 0.1) is 6.33 Å². The van der Waals surface area contributed by atoms with Gasteiger partial charge in [-0.15, -0.1) is 0 Å². The molecule has 1 aliphatic heterocycles. The summed E-state index contributed by atoms with van der Waals surface area (Å²) in [4.78, 5) is 4.03. The molecule has 6 nitrogen and oxygen atoms in total. The first-order chi connectivity index (χ1) is 15.3. The van der Waals surface area contributed by atoms with Crippen LogP contribution in [0.4, 0.5) is 0 Å². The molecule has 2 atom stereocenters. The summed E-state index contributed by atoms with van der Waals surface area (Å²) in [7, 11) is 0.271. The summed E-state index contributed by atoms with van der Waals surface area (Å²) in [6, 6.07) is 15.2. The van der Waals surface area contributed by atoms with E-state index < -0.39 is 10.0 Å². The van der Waals surface area contributed by atoms with E-state index in [4.69, 9.17) is 11.6 Å². The van der Waals surface area contributed by atoms with Gasteiger partial charge in [0.25, 0.3) is 10.0 Å². The summed E-state index contributed by atoms with van der Waals surface area (Å²) >= 11 is 6.21. The highest BCUT2D eigenvalue weighted by Gasteiger charge is 2.39. The van der Waals surface area contributed by atoms with Crippen LogP contribution in [-0.2, 0) is 29.9 Å². The Labute approximate surface area is 194 Å². The third-order valence-corrected chi connectivity index (χ3v) is 8.77. The molecular formula is C24H27ClN4O2S. The first kappa shape index (κ1) is 21.6. The number of nitrogens with zero attached hydrogens (tertiary/aromatic N) is 3. The van der Waals surface area contributed by atoms with Crippen molar-refractivity contribution >= 4 is 21.6 Å². The number of hydrogen-bond donors (Lipinski definition) is 1. The Bertz CT molecular complexity index is 1250. The van der Waals surface area contributed by atoms with Crippen LogP contribution in [0.15, 0.2) is 60.0 Å². The van der Waals surface area contributed by atoms with Crippen LogP contribution in [-0.4, -0.2) is 48.5 Å². The lowest BCUT2D eigenvalue weighted by Gasteiger charge is -2.38. The molecule has 0 amide bonds. The zero-order valence-electron chi connectivity index (χ0n) is 18.2. The molecule has 1 fully saturated rings. The van der Waals surface area contributed by atoms with Crippen LogP contribution < -0.4 is 5.32 Å². The zero-order chi connectivity index (χ0) is 22.5. The fourth-order valence-corrected chi connectivity index (χ4v) is 6.68. The lowest BCUT2D eigenvalue weighted by molar-refractivity contribution is 0.263. The quantitative estimate of drug-likeness (QED) is 0.600. The van der Waals surface area contributed by atoms with E-state index in [1.54, 1.807) is 17.8 Å². The molecule has 1 aromatic heterocycles. The molecule has 32 heavy (non-hydrogen) atoms. The summed E-state index contributed by atoms with van der Waals surface area (Å²) in [5.74, 6) is 0.570. The smallest absolute Gasteiger partial charge is 0.262 e. The average Bonchev–Trinajstić information content (AvgIpc) is 3.31. The summed E-state index contributed by atoms with van der Waals surface area (Å²) in [6.07, 6.45) is 4.99. The van der Waals surface area contributed by atoms with E-state index in [1.807, 2.05) is 25.2 Å². The van der Waals surface area contributed by atoms with E-state index in [2.05, 4.69) is 34.6 Å². The van der Waals surface area contributed by atoms with Gasteiger partial charge in [0.2, 0.25) is 0 Å². The largest absolute Gasteiger partial charge is 0.339 e. The number of hydrogen-bond acceptors (Lipinski definition) is 4. The van der Waals surface area contributed by atoms with Crippen LogP contribution in [0.5, 0.6) is 0 Å². The normalized spacial score (nSPS) is 21.5. The van der Waals surface area contributed by atoms with Crippen molar-refractivity contribution in [2.24, 2.45) is 7.05 Å². The molecule has 1 saturated heterocycles. The molecule has 0 bridgehead atoms. The van der Waals surface area contributed by atoms with Crippen molar-refractivity contribution < 1.29 is 8.42 Å². The number of aryl methyl sites for hydroxylation is 1. The SMILES string of the molecule is CNC1Cc2ccc(C3CN(S(=O)(=O)c4cn(C)cn4)C3)cc2C1Cc1cccc(Cl)c1. The minimum Gasteiger partial charge on any atom is -0.339 e. The molecule has 0 saturated carbocycles. The molecule has 2 aromatic carbocycles. The first-order valence-corrected chi connectivity index (χ1v) is 12.7. The van der Waals surface area contributed by atoms with E-state index in [0.29, 0.717) is 25.0 Å². The average molecular weight is 471 g/mol. The van der Waals surface area contributed by atoms with Gasteiger partial charge in [0.15, 0.2) is 5.03 Å². The van der Waals surface area contributed by atoms with Crippen molar-refractivity contribution in [2.75, 3.05) is 20.1 Å². The van der Waals surface area contributed by atoms with Gasteiger partial charge in [-0.1, -0.05) is 41.9 Å². The topological polar surface area (TPSA) is 67.2 Å². The van der Waals surface area contributed by atoms with Crippen LogP contribution in [0.25, 0.3) is 0 Å². The van der Waals surface area contributed by atoms with E-state index in [0.717, 1.165) is 17.9 Å². The van der Waals surface area contributed by atoms with Crippen LogP contribution in [0.2, 0.25) is 5.02 Å². The van der Waals surface area contributed by atoms with Crippen molar-refractivity contribution in [3.63, 3.8) is 0 Å². The number of imidazole rings is 1. The zero-order valence-corrected chi connectivity index (χ0v) is 19.8. The van der Waals surface area contributed by atoms with Crippen molar-refractivity contribution in [3.05, 3.63) is 82.3 Å². The monoisotopic (exact) mass is 470 g/mol. The van der Waals surface area contributed by atoms with E-state index in [1.165, 1.54) is 32.9 Å². The van der Waals surface area contributed by atoms with Gasteiger partial charge in [-0.2, -0.15) is 4.31 Å². The van der Waals surface area contributed by atoms with Crippen LogP contribution in [0.1, 0.15) is 34.1 Å². The molecule has 168 valence electrons. The number of sulfonamides is 1. The number of nitrogens with one attached hydrogen (secondary N) is 1. The van der Waals surface area contributed by atoms with Crippen LogP contribution in [0, 0.1) is 0 Å². The molecule has 0 spiro atoms. The summed E-state index contributed by atoms with van der Waals surface area (Å²) < 4.78 is 28.8. The van der Waals surface area contributed by atoms with Gasteiger partial charge in [-0.25, -0.2) is 13.4 Å². The molecule has 3 aromatic rings. The maximum atomic E-state index is 12.8. The number of rotatable bonds is 6. The van der Waals surface area contributed by atoms with Crippen molar-refractivity contribution in [1.82, 2.24) is 19.2 Å². The second-order valence-corrected chi connectivity index (χ2v) is 11.2. The molecule has 8 heteroatoms. The van der Waals surface area contributed by atoms with Crippen LogP contribution >= 0.6 is 11.6 Å². The number of likely N-dealkylation sites (N-methyl/N-ethyl adjacent to an activating group) is 1. The van der Waals surface area contributed by atoms with Gasteiger partial charge in [0, 0.05) is 49.2 Å². The Kier molecular flexibility index (Phi) is 5.61. The highest BCUT2D eigenvalue weighted by molar-refractivity contribution is 7.89. The molecule has 2 unspecified atom stereocenters. The minimum absolute atomic E-state index is 0.117. The van der Waals surface area contributed by atoms with E-state index in [-0.39, 0.29) is 10.9 Å². The van der Waals surface area contributed by atoms with Gasteiger partial charge >= 0.3 is 0 Å². The second-order valence-electron chi connectivity index (χ2n) is 8.89. The minimum atomic E-state index is -3.52. The Balaban J connectivity index is 1.35. The second kappa shape index (κ2) is 8.30. The Morgan fingerprint density at radius 3 is 2.69 bits per heavy atom. The number of aromatic nitrogens is 2. The fraction of sp³-hybridized carbons (Fsp3) is 0.375. The lowest BCUT2D eigenvalue weighted by atomic mass is 9.87. The third-order valence-electron chi connectivity index (χ3n) is 6.82. The fourth-order valence-electron chi connectivity index (χ4n) is 4.97. The van der Waals surface area contributed by atoms with E-state index in [9.17, 15) is 8.42 Å². The van der Waals surface area contributed by atoms with Crippen molar-refractivity contribution in [1.29, 1.82) is 0 Å². The maximum absolute atomic E-state index is 12.8. The summed E-state index contributed by atoms with van der Waals surface area (Å²) in [6.45, 7) is 0.984. The van der Waals surface area contributed by atoms with Gasteiger partial charge in [-0.3, -0.25) is 0 Å². The number of halogens is 1. The molecule has 0 radical (unpaired) electrons. The Morgan fingerprint density at radius 2 is 2.00 bits per heavy atom. The molecule has 5 rings (SSSR count). The van der Waals surface area contributed by atoms with Gasteiger partial charge < -0.3 is 9.88 Å². The van der Waals surface area contributed by atoms with Crippen molar-refractivity contribution in [3.8, 4) is 0 Å². The molecular weight excluding hydrogens is 444 g/mol. The number of fused-ring (bicyclic) bond motifs is 1. The molecule has 2 heterocycles. The summed E-state index contributed by atoms with van der Waals surface area (Å²) in [5.41, 5.74) is 5.19. The Hall–Kier alpha value is -2.19.